The molecule has 0 spiro atoms. The van der Waals surface area contributed by atoms with Gasteiger partial charge < -0.3 is 10.2 Å². The summed E-state index contributed by atoms with van der Waals surface area (Å²) in [6.07, 6.45) is 2.13. The van der Waals surface area contributed by atoms with E-state index in [1.165, 1.54) is 4.88 Å². The van der Waals surface area contributed by atoms with Gasteiger partial charge in [0.1, 0.15) is 0 Å². The zero-order valence-electron chi connectivity index (χ0n) is 11.6. The molecule has 3 nitrogen and oxygen atoms in total. The second kappa shape index (κ2) is 6.50. The first-order valence-electron chi connectivity index (χ1n) is 7.06. The minimum atomic E-state index is 0.144. The van der Waals surface area contributed by atoms with Gasteiger partial charge in [0, 0.05) is 22.1 Å². The van der Waals surface area contributed by atoms with Gasteiger partial charge in [0.25, 0.3) is 0 Å². The van der Waals surface area contributed by atoms with Crippen molar-refractivity contribution < 1.29 is 4.79 Å². The first kappa shape index (κ1) is 14.4. The van der Waals surface area contributed by atoms with Crippen LogP contribution in [0.3, 0.4) is 0 Å². The molecular weight excluding hydrogens is 304 g/mol. The van der Waals surface area contributed by atoms with Crippen molar-refractivity contribution in [1.82, 2.24) is 4.90 Å². The first-order valence-corrected chi connectivity index (χ1v) is 8.32. The van der Waals surface area contributed by atoms with E-state index in [-0.39, 0.29) is 11.9 Å². The van der Waals surface area contributed by atoms with E-state index in [9.17, 15) is 4.79 Å². The van der Waals surface area contributed by atoms with E-state index in [0.717, 1.165) is 25.1 Å². The van der Waals surface area contributed by atoms with Gasteiger partial charge in [-0.05, 0) is 42.5 Å². The van der Waals surface area contributed by atoms with Gasteiger partial charge in [-0.1, -0.05) is 23.7 Å². The predicted molar refractivity (Wildman–Crippen MR) is 87.9 cm³/mol. The van der Waals surface area contributed by atoms with Gasteiger partial charge in [-0.3, -0.25) is 4.79 Å². The van der Waals surface area contributed by atoms with Crippen LogP contribution in [0.1, 0.15) is 23.8 Å². The highest BCUT2D eigenvalue weighted by Gasteiger charge is 2.30. The largest absolute Gasteiger partial charge is 0.376 e. The Morgan fingerprint density at radius 2 is 2.29 bits per heavy atom. The molecule has 1 aromatic heterocycles. The second-order valence-electron chi connectivity index (χ2n) is 5.12. The highest BCUT2D eigenvalue weighted by molar-refractivity contribution is 7.10. The number of rotatable bonds is 4. The summed E-state index contributed by atoms with van der Waals surface area (Å²) in [5.41, 5.74) is 0.878. The average Bonchev–Trinajstić information content (AvgIpc) is 3.14. The van der Waals surface area contributed by atoms with E-state index in [4.69, 9.17) is 11.6 Å². The number of likely N-dealkylation sites (tertiary alicyclic amines) is 1. The maximum absolute atomic E-state index is 12.4. The predicted octanol–water partition coefficient (Wildman–Crippen LogP) is 4.18. The Morgan fingerprint density at radius 3 is 3.05 bits per heavy atom. The Balaban J connectivity index is 1.62. The fourth-order valence-electron chi connectivity index (χ4n) is 2.72. The Morgan fingerprint density at radius 1 is 1.38 bits per heavy atom. The summed E-state index contributed by atoms with van der Waals surface area (Å²) in [5.74, 6) is 0.144. The lowest BCUT2D eigenvalue weighted by Gasteiger charge is -2.24. The number of carbonyl (C=O) groups excluding carboxylic acids is 1. The highest BCUT2D eigenvalue weighted by Crippen LogP contribution is 2.34. The van der Waals surface area contributed by atoms with Crippen molar-refractivity contribution in [2.24, 2.45) is 0 Å². The van der Waals surface area contributed by atoms with Gasteiger partial charge in [-0.25, -0.2) is 0 Å². The summed E-state index contributed by atoms with van der Waals surface area (Å²) in [6.45, 7) is 1.15. The molecule has 1 fully saturated rings. The number of nitrogens with zero attached hydrogens (tertiary/aromatic N) is 1. The van der Waals surface area contributed by atoms with Gasteiger partial charge in [0.2, 0.25) is 5.91 Å². The second-order valence-corrected chi connectivity index (χ2v) is 6.54. The minimum Gasteiger partial charge on any atom is -0.376 e. The lowest BCUT2D eigenvalue weighted by molar-refractivity contribution is -0.130. The van der Waals surface area contributed by atoms with Crippen LogP contribution in [-0.4, -0.2) is 23.9 Å². The molecule has 1 amide bonds. The Labute approximate surface area is 133 Å². The van der Waals surface area contributed by atoms with Crippen LogP contribution in [-0.2, 0) is 4.79 Å². The van der Waals surface area contributed by atoms with Gasteiger partial charge in [-0.2, -0.15) is 0 Å². The van der Waals surface area contributed by atoms with E-state index in [2.05, 4.69) is 16.8 Å². The normalized spacial score (nSPS) is 18.0. The van der Waals surface area contributed by atoms with Crippen molar-refractivity contribution in [2.75, 3.05) is 18.4 Å². The number of hydrogen-bond acceptors (Lipinski definition) is 3. The maximum Gasteiger partial charge on any atom is 0.242 e. The van der Waals surface area contributed by atoms with E-state index in [1.54, 1.807) is 11.3 Å². The fraction of sp³-hybridized carbons (Fsp3) is 0.312. The molecule has 0 bridgehead atoms. The van der Waals surface area contributed by atoms with Crippen molar-refractivity contribution >= 4 is 34.5 Å². The molecule has 1 aliphatic rings. The van der Waals surface area contributed by atoms with Crippen LogP contribution < -0.4 is 5.32 Å². The molecule has 1 atom stereocenters. The first-order chi connectivity index (χ1) is 10.2. The number of benzene rings is 1. The molecule has 3 rings (SSSR count). The number of halogens is 1. The summed E-state index contributed by atoms with van der Waals surface area (Å²) in [4.78, 5) is 15.7. The van der Waals surface area contributed by atoms with Gasteiger partial charge in [0.05, 0.1) is 12.6 Å². The van der Waals surface area contributed by atoms with Crippen LogP contribution in [0, 0.1) is 0 Å². The number of carbonyl (C=O) groups is 1. The Hall–Kier alpha value is -1.52. The Kier molecular flexibility index (Phi) is 4.46. The minimum absolute atomic E-state index is 0.144. The van der Waals surface area contributed by atoms with Crippen LogP contribution in [0.4, 0.5) is 5.69 Å². The van der Waals surface area contributed by atoms with Crippen molar-refractivity contribution in [3.8, 4) is 0 Å². The van der Waals surface area contributed by atoms with Crippen molar-refractivity contribution in [1.29, 1.82) is 0 Å². The monoisotopic (exact) mass is 320 g/mol. The van der Waals surface area contributed by atoms with Crippen molar-refractivity contribution in [3.05, 3.63) is 51.7 Å². The van der Waals surface area contributed by atoms with Gasteiger partial charge >= 0.3 is 0 Å². The van der Waals surface area contributed by atoms with E-state index in [1.807, 2.05) is 35.2 Å². The molecule has 5 heteroatoms. The number of nitrogens with one attached hydrogen (secondary N) is 1. The van der Waals surface area contributed by atoms with E-state index >= 15 is 0 Å². The molecule has 1 aliphatic heterocycles. The smallest absolute Gasteiger partial charge is 0.242 e. The number of hydrogen-bond donors (Lipinski definition) is 1. The zero-order valence-corrected chi connectivity index (χ0v) is 13.2. The average molecular weight is 321 g/mol. The maximum atomic E-state index is 12.4. The quantitative estimate of drug-likeness (QED) is 0.916. The molecule has 1 N–H and O–H groups in total. The number of thiophene rings is 1. The molecule has 0 radical (unpaired) electrons. The van der Waals surface area contributed by atoms with Crippen LogP contribution in [0.5, 0.6) is 0 Å². The van der Waals surface area contributed by atoms with Crippen LogP contribution in [0.2, 0.25) is 5.02 Å². The third kappa shape index (κ3) is 3.39. The highest BCUT2D eigenvalue weighted by atomic mass is 35.5. The third-order valence-electron chi connectivity index (χ3n) is 3.71. The SMILES string of the molecule is O=C(CNc1cccc(Cl)c1)N1CCCC1c1cccs1. The van der Waals surface area contributed by atoms with Crippen LogP contribution >= 0.6 is 22.9 Å². The van der Waals surface area contributed by atoms with Crippen LogP contribution in [0.15, 0.2) is 41.8 Å². The van der Waals surface area contributed by atoms with Gasteiger partial charge in [0.15, 0.2) is 0 Å². The summed E-state index contributed by atoms with van der Waals surface area (Å²) >= 11 is 7.67. The van der Waals surface area contributed by atoms with E-state index < -0.39 is 0 Å². The number of anilines is 1. The molecule has 2 aromatic rings. The molecule has 21 heavy (non-hydrogen) atoms. The van der Waals surface area contributed by atoms with Crippen molar-refractivity contribution in [3.63, 3.8) is 0 Å². The summed E-state index contributed by atoms with van der Waals surface area (Å²) in [7, 11) is 0. The summed E-state index contributed by atoms with van der Waals surface area (Å²) < 4.78 is 0. The number of amides is 1. The fourth-order valence-corrected chi connectivity index (χ4v) is 3.78. The molecule has 0 saturated carbocycles. The molecule has 2 heterocycles. The third-order valence-corrected chi connectivity index (χ3v) is 4.92. The summed E-state index contributed by atoms with van der Waals surface area (Å²) in [6, 6.07) is 11.9. The lowest BCUT2D eigenvalue weighted by Crippen LogP contribution is -2.34. The van der Waals surface area contributed by atoms with Crippen LogP contribution in [0.25, 0.3) is 0 Å². The molecule has 1 saturated heterocycles. The molecular formula is C16H17ClN2OS. The topological polar surface area (TPSA) is 32.3 Å². The van der Waals surface area contributed by atoms with Gasteiger partial charge in [-0.15, -0.1) is 11.3 Å². The molecule has 110 valence electrons. The Bertz CT molecular complexity index is 614. The van der Waals surface area contributed by atoms with Crippen molar-refractivity contribution in [2.45, 2.75) is 18.9 Å². The van der Waals surface area contributed by atoms with E-state index in [0.29, 0.717) is 11.6 Å². The molecule has 1 unspecified atom stereocenters. The molecule has 1 aromatic carbocycles. The summed E-state index contributed by atoms with van der Waals surface area (Å²) in [5, 5.41) is 5.90. The lowest BCUT2D eigenvalue weighted by atomic mass is 10.2. The zero-order chi connectivity index (χ0) is 14.7. The molecule has 0 aliphatic carbocycles. The standard InChI is InChI=1S/C16H17ClN2OS/c17-12-4-1-5-13(10-12)18-11-16(20)19-8-2-6-14(19)15-7-3-9-21-15/h1,3-5,7,9-10,14,18H,2,6,8,11H2.